The summed E-state index contributed by atoms with van der Waals surface area (Å²) in [4.78, 5) is 127. The Morgan fingerprint density at radius 1 is 0.371 bits per heavy atom. The molecule has 4 amide bonds. The van der Waals surface area contributed by atoms with E-state index in [0.717, 1.165) is 0 Å². The number of ketones is 4. The van der Waals surface area contributed by atoms with Gasteiger partial charge in [0.1, 0.15) is 23.0 Å². The van der Waals surface area contributed by atoms with Gasteiger partial charge in [-0.3, -0.25) is 58.3 Å². The first-order valence-corrected chi connectivity index (χ1v) is 28.4. The lowest BCUT2D eigenvalue weighted by atomic mass is 9.96. The molecule has 0 aliphatic carbocycles. The van der Waals surface area contributed by atoms with Crippen LogP contribution < -0.4 is 92.2 Å². The maximum Gasteiger partial charge on any atom is 0.255 e. The van der Waals surface area contributed by atoms with Crippen LogP contribution in [-0.4, -0.2) is 149 Å². The molecule has 0 aliphatic heterocycles. The molecule has 23 N–H and O–H groups in total. The fraction of sp³-hybridized carbons (Fsp3) is 0.400. The lowest BCUT2D eigenvalue weighted by Gasteiger charge is -2.21. The molecular weight excluding hydrogens is 1150 g/mol. The first-order chi connectivity index (χ1) is 42.4. The van der Waals surface area contributed by atoms with Crippen LogP contribution >= 0.6 is 0 Å². The molecule has 4 rings (SSSR count). The number of benzene rings is 4. The minimum absolute atomic E-state index is 0.0204. The molecule has 0 saturated carbocycles. The first kappa shape index (κ1) is 71.2. The summed E-state index contributed by atoms with van der Waals surface area (Å²) in [7, 11) is 5.42. The molecule has 4 atom stereocenters. The summed E-state index contributed by atoms with van der Waals surface area (Å²) in [5, 5.41) is 8.42. The summed E-state index contributed by atoms with van der Waals surface area (Å²) < 4.78 is 21.9. The Morgan fingerprint density at radius 2 is 0.618 bits per heavy atom. The largest absolute Gasteiger partial charge is 0.496 e. The van der Waals surface area contributed by atoms with Gasteiger partial charge in [-0.1, -0.05) is 24.3 Å². The monoisotopic (exact) mass is 1230 g/mol. The standard InChI is InChI=1S/C60H83N17O12/c1-86-49-17-13-33(25-37(49)53(62)82)30-46(79)42(10-6-22-72-58(65)66)75-55(84)39-27-35(15-19-51(39)88-3)32-48(81)44(12-8-24-74-60(69)70)77-56(85)40-28-36(16-20-52(40)89-4)31-47(80)43(11-7-23-73-59(67)68)76-54(83)38-26-34(14-18-50(38)87-2)29-45(78)41(61)9-5-21-71-57(63)64/h13-20,25-28,41-44H,5-12,21-24,29-32,61H2,1-4H3,(H2,62,82)(H,75,84)(H,76,83)(H,77,85)(H4,63,64,71)(H4,65,66,72)(H4,67,68,73)(H4,69,70,74)/t41-,42-,43-,44-/m1/s1. The Labute approximate surface area is 515 Å². The zero-order valence-corrected chi connectivity index (χ0v) is 50.5. The summed E-state index contributed by atoms with van der Waals surface area (Å²) in [6, 6.07) is 13.9. The van der Waals surface area contributed by atoms with Gasteiger partial charge >= 0.3 is 0 Å². The van der Waals surface area contributed by atoms with Crippen molar-refractivity contribution in [3.8, 4) is 23.0 Å². The van der Waals surface area contributed by atoms with Gasteiger partial charge in [0.15, 0.2) is 47.0 Å². The van der Waals surface area contributed by atoms with Gasteiger partial charge in [0.05, 0.1) is 74.9 Å². The lowest BCUT2D eigenvalue weighted by molar-refractivity contribution is -0.121. The third kappa shape index (κ3) is 23.5. The number of rotatable bonds is 39. The van der Waals surface area contributed by atoms with Crippen LogP contribution in [0.1, 0.15) is 115 Å². The molecule has 0 aromatic heterocycles. The maximum atomic E-state index is 14.4. The number of nitrogens with zero attached hydrogens (tertiary/aromatic N) is 4. The molecule has 480 valence electrons. The molecule has 0 bridgehead atoms. The van der Waals surface area contributed by atoms with E-state index in [1.165, 1.54) is 77.0 Å². The van der Waals surface area contributed by atoms with Gasteiger partial charge in [0.25, 0.3) is 23.6 Å². The Balaban J connectivity index is 1.60. The topological polar surface area (TPSA) is 519 Å². The molecule has 29 nitrogen and oxygen atoms in total. The molecular formula is C60H83N17O12. The second-order valence-corrected chi connectivity index (χ2v) is 20.6. The maximum absolute atomic E-state index is 14.4. The predicted octanol–water partition coefficient (Wildman–Crippen LogP) is -0.796. The van der Waals surface area contributed by atoms with Crippen LogP contribution in [0.2, 0.25) is 0 Å². The van der Waals surface area contributed by atoms with Crippen LogP contribution in [0.5, 0.6) is 23.0 Å². The number of primary amides is 1. The van der Waals surface area contributed by atoms with Crippen molar-refractivity contribution < 1.29 is 57.3 Å². The van der Waals surface area contributed by atoms with Crippen LogP contribution in [0.15, 0.2) is 92.8 Å². The number of amides is 4. The highest BCUT2D eigenvalue weighted by molar-refractivity contribution is 6.04. The number of Topliss-reactive ketones (excluding diaryl/α,β-unsaturated/α-hetero) is 4. The highest BCUT2D eigenvalue weighted by atomic mass is 16.5. The number of ether oxygens (including phenoxy) is 4. The van der Waals surface area contributed by atoms with Crippen molar-refractivity contribution in [3.05, 3.63) is 117 Å². The molecule has 0 unspecified atom stereocenters. The van der Waals surface area contributed by atoms with Gasteiger partial charge < -0.3 is 92.2 Å². The quantitative estimate of drug-likeness (QED) is 0.0148. The molecule has 0 fully saturated rings. The van der Waals surface area contributed by atoms with E-state index in [1.807, 2.05) is 0 Å². The van der Waals surface area contributed by atoms with Gasteiger partial charge in [-0.15, -0.1) is 0 Å². The number of carbonyl (C=O) groups is 8. The van der Waals surface area contributed by atoms with Gasteiger partial charge in [0.2, 0.25) is 0 Å². The molecule has 4 aromatic carbocycles. The molecule has 0 saturated heterocycles. The van der Waals surface area contributed by atoms with Gasteiger partial charge in [-0.25, -0.2) is 0 Å². The Bertz CT molecular complexity index is 3280. The third-order valence-corrected chi connectivity index (χ3v) is 13.9. The molecule has 4 aromatic rings. The van der Waals surface area contributed by atoms with Crippen molar-refractivity contribution in [2.24, 2.45) is 77.3 Å². The van der Waals surface area contributed by atoms with Crippen LogP contribution in [0.4, 0.5) is 0 Å². The van der Waals surface area contributed by atoms with Crippen LogP contribution in [0.25, 0.3) is 0 Å². The highest BCUT2D eigenvalue weighted by Gasteiger charge is 2.29. The second-order valence-electron chi connectivity index (χ2n) is 20.6. The lowest BCUT2D eigenvalue weighted by Crippen LogP contribution is -2.42. The van der Waals surface area contributed by atoms with Crippen molar-refractivity contribution in [1.29, 1.82) is 0 Å². The van der Waals surface area contributed by atoms with E-state index in [9.17, 15) is 38.4 Å². The molecule has 89 heavy (non-hydrogen) atoms. The number of methoxy groups -OCH3 is 4. The first-order valence-electron chi connectivity index (χ1n) is 28.4. The van der Waals surface area contributed by atoms with Crippen LogP contribution in [0.3, 0.4) is 0 Å². The highest BCUT2D eigenvalue weighted by Crippen LogP contribution is 2.26. The number of hydrogen-bond donors (Lipinski definition) is 13. The molecule has 0 aliphatic rings. The van der Waals surface area contributed by atoms with Crippen molar-refractivity contribution in [3.63, 3.8) is 0 Å². The molecule has 0 radical (unpaired) electrons. The number of nitrogens with two attached hydrogens (primary N) is 10. The molecule has 29 heteroatoms. The average Bonchev–Trinajstić information content (AvgIpc) is 2.33. The zero-order chi connectivity index (χ0) is 65.7. The third-order valence-electron chi connectivity index (χ3n) is 13.9. The van der Waals surface area contributed by atoms with E-state index >= 15 is 0 Å². The average molecular weight is 1230 g/mol. The predicted molar refractivity (Wildman–Crippen MR) is 337 cm³/mol. The van der Waals surface area contributed by atoms with Gasteiger partial charge in [0, 0.05) is 51.9 Å². The van der Waals surface area contributed by atoms with Crippen molar-refractivity contribution >= 4 is 70.6 Å². The number of carbonyl (C=O) groups excluding carboxylic acids is 8. The number of guanidine groups is 4. The van der Waals surface area contributed by atoms with E-state index in [0.29, 0.717) is 41.6 Å². The summed E-state index contributed by atoms with van der Waals surface area (Å²) in [6.45, 7) is 0.679. The summed E-state index contributed by atoms with van der Waals surface area (Å²) >= 11 is 0. The normalized spacial score (nSPS) is 12.1. The molecule has 0 heterocycles. The zero-order valence-electron chi connectivity index (χ0n) is 50.5. The minimum atomic E-state index is -1.18. The van der Waals surface area contributed by atoms with Crippen LogP contribution in [0, 0.1) is 0 Å². The van der Waals surface area contributed by atoms with E-state index in [-0.39, 0.29) is 159 Å². The summed E-state index contributed by atoms with van der Waals surface area (Å²) in [5.41, 5.74) is 57.5. The van der Waals surface area contributed by atoms with Crippen molar-refractivity contribution in [2.45, 2.75) is 101 Å². The van der Waals surface area contributed by atoms with E-state index in [2.05, 4.69) is 35.9 Å². The van der Waals surface area contributed by atoms with Crippen molar-refractivity contribution in [1.82, 2.24) is 16.0 Å². The SMILES string of the molecule is COc1ccc(CC(=O)[C@@H](CCCN=C(N)N)NC(=O)c2cc(CC(=O)[C@@H](CCCN=C(N)N)NC(=O)c3cc(CC(=O)[C@@H](CCCN=C(N)N)NC(=O)c4cc(CC(=O)[C@H](N)CCCN=C(N)N)ccc4OC)ccc3OC)ccc2OC)cc1C(N)=O. The van der Waals surface area contributed by atoms with Gasteiger partial charge in [-0.05, 0) is 122 Å². The summed E-state index contributed by atoms with van der Waals surface area (Å²) in [6.07, 6.45) is 0.878. The Hall–Kier alpha value is -10.3. The smallest absolute Gasteiger partial charge is 0.255 e. The summed E-state index contributed by atoms with van der Waals surface area (Å²) in [5.74, 6) is -4.56. The minimum Gasteiger partial charge on any atom is -0.496 e. The fourth-order valence-corrected chi connectivity index (χ4v) is 9.33. The second kappa shape index (κ2) is 36.0. The molecule has 0 spiro atoms. The van der Waals surface area contributed by atoms with Crippen LogP contribution in [-0.2, 0) is 44.9 Å². The van der Waals surface area contributed by atoms with Gasteiger partial charge in [-0.2, -0.15) is 0 Å². The number of aliphatic imine (C=N–C) groups is 4. The van der Waals surface area contributed by atoms with Crippen molar-refractivity contribution in [2.75, 3.05) is 54.6 Å². The Kier molecular flexibility index (Phi) is 28.8. The fourth-order valence-electron chi connectivity index (χ4n) is 9.33. The van der Waals surface area contributed by atoms with E-state index < -0.39 is 65.1 Å². The van der Waals surface area contributed by atoms with E-state index in [4.69, 9.17) is 76.3 Å². The number of hydrogen-bond acceptors (Lipinski definition) is 17. The number of nitrogens with one attached hydrogen (secondary N) is 3. The Morgan fingerprint density at radius 3 is 0.876 bits per heavy atom. The van der Waals surface area contributed by atoms with E-state index in [1.54, 1.807) is 24.3 Å².